The Kier molecular flexibility index (Phi) is 3.49. The van der Waals surface area contributed by atoms with E-state index in [9.17, 15) is 9.90 Å². The van der Waals surface area contributed by atoms with E-state index >= 15 is 0 Å². The molecule has 1 aliphatic carbocycles. The number of fused-ring (bicyclic) bond motifs is 1. The lowest BCUT2D eigenvalue weighted by Gasteiger charge is -2.16. The van der Waals surface area contributed by atoms with Gasteiger partial charge in [-0.25, -0.2) is 4.98 Å². The summed E-state index contributed by atoms with van der Waals surface area (Å²) in [4.78, 5) is 16.2. The monoisotopic (exact) mass is 321 g/mol. The van der Waals surface area contributed by atoms with Gasteiger partial charge in [-0.1, -0.05) is 12.8 Å². The Morgan fingerprint density at radius 3 is 2.50 bits per heavy atom. The Balaban J connectivity index is 1.94. The molecule has 122 valence electrons. The molecule has 4 rings (SSSR count). The average Bonchev–Trinajstić information content (AvgIpc) is 3.21. The van der Waals surface area contributed by atoms with Gasteiger partial charge in [-0.3, -0.25) is 4.79 Å². The topological polar surface area (TPSA) is 81.1 Å². The number of phenols is 1. The molecule has 0 saturated heterocycles. The highest BCUT2D eigenvalue weighted by Gasteiger charge is 2.23. The van der Waals surface area contributed by atoms with Gasteiger partial charge in [0.25, 0.3) is 0 Å². The first-order valence-corrected chi connectivity index (χ1v) is 8.24. The molecule has 0 unspecified atom stereocenters. The van der Waals surface area contributed by atoms with Crippen molar-refractivity contribution >= 4 is 16.9 Å². The summed E-state index contributed by atoms with van der Waals surface area (Å²) in [6.07, 6.45) is 4.71. The van der Waals surface area contributed by atoms with Crippen LogP contribution in [0.25, 0.3) is 22.4 Å². The third-order valence-corrected chi connectivity index (χ3v) is 4.79. The van der Waals surface area contributed by atoms with E-state index in [0.29, 0.717) is 11.6 Å². The van der Waals surface area contributed by atoms with Crippen LogP contribution in [0.1, 0.15) is 42.1 Å². The molecule has 1 fully saturated rings. The summed E-state index contributed by atoms with van der Waals surface area (Å²) in [6, 6.07) is 13.0. The van der Waals surface area contributed by atoms with Gasteiger partial charge in [0.15, 0.2) is 0 Å². The number of carbonyl (C=O) groups excluding carboxylic acids is 1. The van der Waals surface area contributed by atoms with E-state index in [1.54, 1.807) is 24.3 Å². The first kappa shape index (κ1) is 14.8. The van der Waals surface area contributed by atoms with Crippen LogP contribution in [0.15, 0.2) is 42.5 Å². The number of aromatic nitrogens is 2. The molecular weight excluding hydrogens is 302 g/mol. The second-order valence-electron chi connectivity index (χ2n) is 6.36. The second kappa shape index (κ2) is 5.67. The summed E-state index contributed by atoms with van der Waals surface area (Å²) in [5.74, 6) is 0.662. The first-order chi connectivity index (χ1) is 11.6. The van der Waals surface area contributed by atoms with Gasteiger partial charge in [0.1, 0.15) is 11.6 Å². The van der Waals surface area contributed by atoms with Crippen LogP contribution in [0, 0.1) is 0 Å². The highest BCUT2D eigenvalue weighted by Crippen LogP contribution is 2.37. The van der Waals surface area contributed by atoms with Crippen LogP contribution in [0.3, 0.4) is 0 Å². The first-order valence-electron chi connectivity index (χ1n) is 8.24. The lowest BCUT2D eigenvalue weighted by molar-refractivity contribution is 0.100. The van der Waals surface area contributed by atoms with Crippen molar-refractivity contribution in [3.8, 4) is 17.1 Å². The smallest absolute Gasteiger partial charge is 0.248 e. The van der Waals surface area contributed by atoms with Gasteiger partial charge in [0, 0.05) is 17.2 Å². The molecule has 0 bridgehead atoms. The zero-order valence-electron chi connectivity index (χ0n) is 13.3. The molecule has 0 aliphatic heterocycles. The fourth-order valence-corrected chi connectivity index (χ4v) is 3.60. The van der Waals surface area contributed by atoms with Gasteiger partial charge in [-0.2, -0.15) is 0 Å². The standard InChI is InChI=1S/C19H19N3O2/c20-18(24)13-7-10-17-16(11-13)21-19(12-5-8-15(23)9-6-12)22(17)14-3-1-2-4-14/h5-11,14,23H,1-4H2,(H2,20,24). The molecule has 24 heavy (non-hydrogen) atoms. The number of imidazole rings is 1. The SMILES string of the molecule is NC(=O)c1ccc2c(c1)nc(-c1ccc(O)cc1)n2C1CCCC1. The van der Waals surface area contributed by atoms with Crippen LogP contribution in [-0.2, 0) is 0 Å². The number of aromatic hydroxyl groups is 1. The highest BCUT2D eigenvalue weighted by molar-refractivity contribution is 5.96. The fourth-order valence-electron chi connectivity index (χ4n) is 3.60. The Labute approximate surface area is 139 Å². The minimum Gasteiger partial charge on any atom is -0.508 e. The van der Waals surface area contributed by atoms with Crippen molar-refractivity contribution in [2.75, 3.05) is 0 Å². The molecule has 1 aromatic heterocycles. The number of phenolic OH excluding ortho intramolecular Hbond substituents is 1. The van der Waals surface area contributed by atoms with E-state index in [1.807, 2.05) is 18.2 Å². The second-order valence-corrected chi connectivity index (χ2v) is 6.36. The molecular formula is C19H19N3O2. The van der Waals surface area contributed by atoms with Crippen molar-refractivity contribution < 1.29 is 9.90 Å². The summed E-state index contributed by atoms with van der Waals surface area (Å²) in [5.41, 5.74) is 8.62. The van der Waals surface area contributed by atoms with Crippen LogP contribution in [-0.4, -0.2) is 20.6 Å². The predicted octanol–water partition coefficient (Wildman–Crippen LogP) is 3.62. The number of nitrogens with zero attached hydrogens (tertiary/aromatic N) is 2. The van der Waals surface area contributed by atoms with Crippen molar-refractivity contribution in [2.45, 2.75) is 31.7 Å². The van der Waals surface area contributed by atoms with Crippen molar-refractivity contribution in [3.05, 3.63) is 48.0 Å². The van der Waals surface area contributed by atoms with E-state index in [2.05, 4.69) is 4.57 Å². The number of benzene rings is 2. The fraction of sp³-hybridized carbons (Fsp3) is 0.263. The molecule has 3 N–H and O–H groups in total. The minimum atomic E-state index is -0.446. The van der Waals surface area contributed by atoms with Gasteiger partial charge in [-0.15, -0.1) is 0 Å². The number of carbonyl (C=O) groups is 1. The molecule has 5 heteroatoms. The van der Waals surface area contributed by atoms with Crippen molar-refractivity contribution in [2.24, 2.45) is 5.73 Å². The van der Waals surface area contributed by atoms with Crippen LogP contribution < -0.4 is 5.73 Å². The maximum atomic E-state index is 11.5. The van der Waals surface area contributed by atoms with Crippen LogP contribution >= 0.6 is 0 Å². The van der Waals surface area contributed by atoms with E-state index in [0.717, 1.165) is 35.3 Å². The molecule has 0 radical (unpaired) electrons. The maximum Gasteiger partial charge on any atom is 0.248 e. The molecule has 1 aliphatic rings. The number of nitrogens with two attached hydrogens (primary N) is 1. The Morgan fingerprint density at radius 1 is 1.12 bits per heavy atom. The quantitative estimate of drug-likeness (QED) is 0.773. The summed E-state index contributed by atoms with van der Waals surface area (Å²) in [6.45, 7) is 0. The number of amides is 1. The predicted molar refractivity (Wildman–Crippen MR) is 92.9 cm³/mol. The molecule has 3 aromatic rings. The number of primary amides is 1. The molecule has 0 atom stereocenters. The van der Waals surface area contributed by atoms with Crippen LogP contribution in [0.2, 0.25) is 0 Å². The Hall–Kier alpha value is -2.82. The molecule has 1 amide bonds. The molecule has 1 saturated carbocycles. The van der Waals surface area contributed by atoms with E-state index < -0.39 is 5.91 Å². The van der Waals surface area contributed by atoms with Crippen LogP contribution in [0.5, 0.6) is 5.75 Å². The van der Waals surface area contributed by atoms with Crippen molar-refractivity contribution in [3.63, 3.8) is 0 Å². The maximum absolute atomic E-state index is 11.5. The average molecular weight is 321 g/mol. The zero-order chi connectivity index (χ0) is 16.7. The van der Waals surface area contributed by atoms with Gasteiger partial charge in [0.2, 0.25) is 5.91 Å². The number of rotatable bonds is 3. The summed E-state index contributed by atoms with van der Waals surface area (Å²) < 4.78 is 2.28. The zero-order valence-corrected chi connectivity index (χ0v) is 13.3. The van der Waals surface area contributed by atoms with Gasteiger partial charge in [-0.05, 0) is 55.3 Å². The largest absolute Gasteiger partial charge is 0.508 e. The molecule has 0 spiro atoms. The normalized spacial score (nSPS) is 15.2. The Morgan fingerprint density at radius 2 is 1.83 bits per heavy atom. The van der Waals surface area contributed by atoms with E-state index in [1.165, 1.54) is 12.8 Å². The third kappa shape index (κ3) is 2.42. The van der Waals surface area contributed by atoms with Gasteiger partial charge < -0.3 is 15.4 Å². The lowest BCUT2D eigenvalue weighted by atomic mass is 10.1. The summed E-state index contributed by atoms with van der Waals surface area (Å²) in [5, 5.41) is 9.54. The van der Waals surface area contributed by atoms with Crippen molar-refractivity contribution in [1.82, 2.24) is 9.55 Å². The molecule has 2 aromatic carbocycles. The highest BCUT2D eigenvalue weighted by atomic mass is 16.3. The Bertz CT molecular complexity index is 906. The third-order valence-electron chi connectivity index (χ3n) is 4.79. The number of hydrogen-bond acceptors (Lipinski definition) is 3. The van der Waals surface area contributed by atoms with Gasteiger partial charge in [0.05, 0.1) is 11.0 Å². The minimum absolute atomic E-state index is 0.235. The summed E-state index contributed by atoms with van der Waals surface area (Å²) >= 11 is 0. The van der Waals surface area contributed by atoms with Gasteiger partial charge >= 0.3 is 0 Å². The lowest BCUT2D eigenvalue weighted by Crippen LogP contribution is -2.10. The number of hydrogen-bond donors (Lipinski definition) is 2. The summed E-state index contributed by atoms with van der Waals surface area (Å²) in [7, 11) is 0. The van der Waals surface area contributed by atoms with Crippen LogP contribution in [0.4, 0.5) is 0 Å². The van der Waals surface area contributed by atoms with Crippen molar-refractivity contribution in [1.29, 1.82) is 0 Å². The van der Waals surface area contributed by atoms with E-state index in [4.69, 9.17) is 10.7 Å². The van der Waals surface area contributed by atoms with E-state index in [-0.39, 0.29) is 5.75 Å². The molecule has 1 heterocycles. The molecule has 5 nitrogen and oxygen atoms in total.